The Morgan fingerprint density at radius 1 is 0.329 bits per heavy atom. The molecule has 0 aliphatic rings. The van der Waals surface area contributed by atoms with Crippen molar-refractivity contribution in [2.24, 2.45) is 0 Å². The maximum atomic E-state index is 17.5. The summed E-state index contributed by atoms with van der Waals surface area (Å²) in [6.07, 6.45) is 0. The van der Waals surface area contributed by atoms with E-state index in [4.69, 9.17) is 0 Å². The van der Waals surface area contributed by atoms with Crippen LogP contribution in [0.25, 0.3) is 139 Å². The molecule has 7 heteroatoms. The Labute approximate surface area is 442 Å². The summed E-state index contributed by atoms with van der Waals surface area (Å²) in [4.78, 5) is 0. The van der Waals surface area contributed by atoms with Crippen molar-refractivity contribution < 1.29 is 8.78 Å². The minimum Gasteiger partial charge on any atom is -0.330 e. The van der Waals surface area contributed by atoms with E-state index >= 15 is 8.78 Å². The Balaban J connectivity index is 1.20. The molecule has 0 bridgehead atoms. The lowest BCUT2D eigenvalue weighted by Crippen LogP contribution is -2.31. The van der Waals surface area contributed by atoms with Crippen LogP contribution in [0, 0.1) is 11.6 Å². The van der Waals surface area contributed by atoms with Crippen LogP contribution in [-0.4, -0.2) is 13.7 Å². The summed E-state index contributed by atoms with van der Waals surface area (Å²) in [5.41, 5.74) is 9.75. The zero-order chi connectivity index (χ0) is 50.6. The van der Waals surface area contributed by atoms with E-state index in [0.29, 0.717) is 22.3 Å². The Bertz CT molecular complexity index is 4830. The molecule has 0 N–H and O–H groups in total. The molecule has 0 saturated heterocycles. The first-order chi connectivity index (χ1) is 37.3. The van der Waals surface area contributed by atoms with Crippen LogP contribution in [0.5, 0.6) is 0 Å². The third-order valence-corrected chi connectivity index (χ3v) is 18.6. The van der Waals surface area contributed by atoms with Crippen molar-refractivity contribution in [2.75, 3.05) is 0 Å². The van der Waals surface area contributed by atoms with Gasteiger partial charge in [0.1, 0.15) is 11.6 Å². The molecule has 0 aliphatic heterocycles. The first-order valence-electron chi connectivity index (χ1n) is 25.7. The molecule has 3 nitrogen and oxygen atoms in total. The molecule has 360 valence electrons. The number of hydrogen-bond donors (Lipinski definition) is 0. The number of thiophene rings is 2. The minimum atomic E-state index is -0.979. The van der Waals surface area contributed by atoms with Crippen molar-refractivity contribution in [1.82, 2.24) is 13.7 Å². The van der Waals surface area contributed by atoms with E-state index < -0.39 is 5.54 Å². The highest BCUT2D eigenvalue weighted by Crippen LogP contribution is 2.54. The normalized spacial score (nSPS) is 12.5. The number of halogens is 2. The Morgan fingerprint density at radius 2 is 0.697 bits per heavy atom. The van der Waals surface area contributed by atoms with Crippen LogP contribution in [0.15, 0.2) is 224 Å². The van der Waals surface area contributed by atoms with Crippen LogP contribution in [0.4, 0.5) is 8.78 Å². The first-order valence-corrected chi connectivity index (χ1v) is 27.4. The quantitative estimate of drug-likeness (QED) is 0.158. The van der Waals surface area contributed by atoms with Crippen molar-refractivity contribution in [1.29, 1.82) is 0 Å². The summed E-state index contributed by atoms with van der Waals surface area (Å²) in [5, 5.41) is 11.6. The van der Waals surface area contributed by atoms with Crippen LogP contribution in [0.2, 0.25) is 0 Å². The summed E-state index contributed by atoms with van der Waals surface area (Å²) in [7, 11) is 0. The maximum Gasteiger partial charge on any atom is 0.131 e. The average Bonchev–Trinajstić information content (AvgIpc) is 4.35. The van der Waals surface area contributed by atoms with E-state index in [1.807, 2.05) is 46.9 Å². The van der Waals surface area contributed by atoms with Gasteiger partial charge < -0.3 is 13.7 Å². The van der Waals surface area contributed by atoms with Gasteiger partial charge in [-0.05, 0) is 80.6 Å². The van der Waals surface area contributed by atoms with Crippen molar-refractivity contribution in [3.05, 3.63) is 242 Å². The van der Waals surface area contributed by atoms with Crippen molar-refractivity contribution in [3.8, 4) is 33.6 Å². The fourth-order valence-corrected chi connectivity index (χ4v) is 15.6. The van der Waals surface area contributed by atoms with Gasteiger partial charge >= 0.3 is 0 Å². The molecule has 0 aliphatic carbocycles. The van der Waals surface area contributed by atoms with Crippen molar-refractivity contribution in [3.63, 3.8) is 0 Å². The lowest BCUT2D eigenvalue weighted by molar-refractivity contribution is 0.462. The van der Waals surface area contributed by atoms with Gasteiger partial charge in [0.25, 0.3) is 0 Å². The molecule has 0 atom stereocenters. The standard InChI is InChI=1S/C69H43F2N3S2/c1-69(2,74-56-31-15-5-21-42(56)43-22-6-16-32-57(43)74)64-65(72-54-29-13-7-25-48(54)62-58(72)37-35-46-44-23-9-17-33-60(44)75-67(46)62)50(40-19-3-11-27-52(40)70)39-51(41-20-4-12-28-53(41)71)66(64)73-55-30-14-8-26-49(55)63-59(73)38-36-47-45-24-10-18-34-61(45)76-68(47)63/h3-39H,1-2H3. The molecule has 76 heavy (non-hydrogen) atoms. The molecule has 0 amide bonds. The maximum absolute atomic E-state index is 17.5. The van der Waals surface area contributed by atoms with Crippen LogP contribution in [-0.2, 0) is 5.54 Å². The number of para-hydroxylation sites is 4. The number of aromatic nitrogens is 3. The van der Waals surface area contributed by atoms with E-state index in [1.165, 1.54) is 40.3 Å². The molecule has 0 spiro atoms. The average molecular weight is 1020 g/mol. The fourth-order valence-electron chi connectivity index (χ4n) is 13.1. The molecular weight excluding hydrogens is 973 g/mol. The highest BCUT2D eigenvalue weighted by molar-refractivity contribution is 7.27. The van der Waals surface area contributed by atoms with Gasteiger partial charge in [-0.1, -0.05) is 158 Å². The summed E-state index contributed by atoms with van der Waals surface area (Å²) in [6.45, 7) is 4.61. The number of rotatable bonds is 6. The second-order valence-corrected chi connectivity index (χ2v) is 22.6. The molecule has 11 aromatic carbocycles. The smallest absolute Gasteiger partial charge is 0.131 e. The van der Waals surface area contributed by atoms with E-state index in [1.54, 1.807) is 24.3 Å². The monoisotopic (exact) mass is 1020 g/mol. The van der Waals surface area contributed by atoms with Crippen LogP contribution in [0.1, 0.15) is 19.4 Å². The van der Waals surface area contributed by atoms with E-state index in [2.05, 4.69) is 203 Å². The molecule has 0 fully saturated rings. The Morgan fingerprint density at radius 3 is 1.14 bits per heavy atom. The lowest BCUT2D eigenvalue weighted by atomic mass is 9.82. The Hall–Kier alpha value is -8.88. The first kappa shape index (κ1) is 43.5. The Kier molecular flexibility index (Phi) is 9.20. The molecule has 16 aromatic rings. The topological polar surface area (TPSA) is 14.8 Å². The third kappa shape index (κ3) is 5.89. The number of nitrogens with zero attached hydrogens (tertiary/aromatic N) is 3. The van der Waals surface area contributed by atoms with Gasteiger partial charge in [-0.15, -0.1) is 22.7 Å². The number of hydrogen-bond acceptors (Lipinski definition) is 2. The summed E-state index contributed by atoms with van der Waals surface area (Å²) < 4.78 is 47.2. The van der Waals surface area contributed by atoms with Crippen LogP contribution in [0.3, 0.4) is 0 Å². The molecule has 5 heterocycles. The summed E-state index contributed by atoms with van der Waals surface area (Å²) in [5.74, 6) is -0.735. The highest BCUT2D eigenvalue weighted by Gasteiger charge is 2.39. The molecular formula is C69H43F2N3S2. The van der Waals surface area contributed by atoms with Crippen LogP contribution < -0.4 is 0 Å². The second kappa shape index (κ2) is 16.1. The molecule has 0 unspecified atom stereocenters. The number of benzene rings is 11. The van der Waals surface area contributed by atoms with E-state index in [-0.39, 0.29) is 11.6 Å². The van der Waals surface area contributed by atoms with Gasteiger partial charge in [0.2, 0.25) is 0 Å². The van der Waals surface area contributed by atoms with Gasteiger partial charge in [0, 0.05) is 112 Å². The predicted molar refractivity (Wildman–Crippen MR) is 320 cm³/mol. The molecule has 0 saturated carbocycles. The van der Waals surface area contributed by atoms with E-state index in [0.717, 1.165) is 82.4 Å². The summed E-state index contributed by atoms with van der Waals surface area (Å²) >= 11 is 3.63. The SMILES string of the molecule is CC(C)(c1c(-n2c3ccccc3c3c4sc5ccccc5c4ccc32)c(-c2ccccc2F)cc(-c2ccccc2F)c1-n1c2ccccc2c2c3sc4ccccc4c3ccc21)n1c2ccccc2c2ccccc21. The van der Waals surface area contributed by atoms with Gasteiger partial charge in [0.05, 0.1) is 39.0 Å². The van der Waals surface area contributed by atoms with Crippen molar-refractivity contribution in [2.45, 2.75) is 19.4 Å². The zero-order valence-electron chi connectivity index (χ0n) is 41.3. The van der Waals surface area contributed by atoms with E-state index in [9.17, 15) is 0 Å². The summed E-state index contributed by atoms with van der Waals surface area (Å²) in [6, 6.07) is 77.3. The zero-order valence-corrected chi connectivity index (χ0v) is 42.9. The largest absolute Gasteiger partial charge is 0.330 e. The van der Waals surface area contributed by atoms with Gasteiger partial charge in [-0.3, -0.25) is 0 Å². The lowest BCUT2D eigenvalue weighted by Gasteiger charge is -2.37. The molecule has 16 rings (SSSR count). The third-order valence-electron chi connectivity index (χ3n) is 16.2. The van der Waals surface area contributed by atoms with Crippen molar-refractivity contribution >= 4 is 128 Å². The fraction of sp³-hybridized carbons (Fsp3) is 0.0435. The molecule has 5 aromatic heterocycles. The van der Waals surface area contributed by atoms with Gasteiger partial charge in [0.15, 0.2) is 0 Å². The number of fused-ring (bicyclic) bond motifs is 17. The highest BCUT2D eigenvalue weighted by atomic mass is 32.1. The van der Waals surface area contributed by atoms with Crippen LogP contribution >= 0.6 is 22.7 Å². The predicted octanol–water partition coefficient (Wildman–Crippen LogP) is 20.1. The van der Waals surface area contributed by atoms with Gasteiger partial charge in [-0.25, -0.2) is 8.78 Å². The molecule has 0 radical (unpaired) electrons. The second-order valence-electron chi connectivity index (χ2n) is 20.5. The minimum absolute atomic E-state index is 0.367. The van der Waals surface area contributed by atoms with Gasteiger partial charge in [-0.2, -0.15) is 0 Å².